The number of halogens is 1. The summed E-state index contributed by atoms with van der Waals surface area (Å²) >= 11 is 0. The standard InChI is InChI=1S/C13H12FN4O3/c1-7(2)16-12-13(19)17-11(6-15-12)8-3-9(14)5-10(4-8)18(20)21/h3-7H,1-2H3,(H,15,16). The minimum atomic E-state index is -0.780. The molecular weight excluding hydrogens is 279 g/mol. The number of aliphatic imine (C=N–C) groups is 1. The Balaban J connectivity index is 2.35. The number of hydrogen-bond donors (Lipinski definition) is 1. The molecule has 0 aromatic heterocycles. The summed E-state index contributed by atoms with van der Waals surface area (Å²) in [6.07, 6.45) is 1.27. The van der Waals surface area contributed by atoms with Crippen molar-refractivity contribution in [3.8, 4) is 0 Å². The van der Waals surface area contributed by atoms with E-state index in [1.54, 1.807) is 0 Å². The molecule has 1 aliphatic rings. The van der Waals surface area contributed by atoms with Crippen LogP contribution in [-0.4, -0.2) is 22.7 Å². The maximum atomic E-state index is 13.4. The van der Waals surface area contributed by atoms with Crippen molar-refractivity contribution in [2.45, 2.75) is 19.9 Å². The van der Waals surface area contributed by atoms with Crippen LogP contribution in [0, 0.1) is 15.9 Å². The molecule has 1 aromatic rings. The van der Waals surface area contributed by atoms with Crippen LogP contribution in [0.5, 0.6) is 0 Å². The third-order valence-corrected chi connectivity index (χ3v) is 2.56. The molecule has 0 aliphatic carbocycles. The Hall–Kier alpha value is -2.77. The molecule has 0 saturated heterocycles. The zero-order valence-corrected chi connectivity index (χ0v) is 11.3. The molecule has 0 bridgehead atoms. The second kappa shape index (κ2) is 5.70. The average Bonchev–Trinajstić information content (AvgIpc) is 2.39. The van der Waals surface area contributed by atoms with Crippen molar-refractivity contribution >= 4 is 23.1 Å². The number of nitro benzene ring substituents is 1. The Morgan fingerprint density at radius 1 is 1.33 bits per heavy atom. The summed E-state index contributed by atoms with van der Waals surface area (Å²) < 4.78 is 13.4. The number of amides is 1. The molecular formula is C13H12FN4O3. The Morgan fingerprint density at radius 2 is 2.05 bits per heavy atom. The van der Waals surface area contributed by atoms with Gasteiger partial charge in [0.05, 0.1) is 22.9 Å². The number of nitro groups is 1. The van der Waals surface area contributed by atoms with Crippen molar-refractivity contribution in [3.63, 3.8) is 0 Å². The second-order valence-electron chi connectivity index (χ2n) is 4.66. The summed E-state index contributed by atoms with van der Waals surface area (Å²) in [5.74, 6) is -1.30. The lowest BCUT2D eigenvalue weighted by Gasteiger charge is -2.15. The van der Waals surface area contributed by atoms with Crippen molar-refractivity contribution in [3.05, 3.63) is 45.9 Å². The monoisotopic (exact) mass is 291 g/mol. The van der Waals surface area contributed by atoms with E-state index in [4.69, 9.17) is 0 Å². The summed E-state index contributed by atoms with van der Waals surface area (Å²) in [6, 6.07) is 3.01. The van der Waals surface area contributed by atoms with Crippen LogP contribution in [-0.2, 0) is 4.79 Å². The number of carbonyl (C=O) groups excluding carboxylic acids is 1. The summed E-state index contributed by atoms with van der Waals surface area (Å²) in [7, 11) is 0. The number of rotatable bonds is 3. The van der Waals surface area contributed by atoms with E-state index in [1.807, 2.05) is 13.8 Å². The fourth-order valence-corrected chi connectivity index (χ4v) is 1.71. The van der Waals surface area contributed by atoms with Gasteiger partial charge in [-0.05, 0) is 19.9 Å². The molecule has 8 heteroatoms. The molecule has 7 nitrogen and oxygen atoms in total. The van der Waals surface area contributed by atoms with Crippen molar-refractivity contribution in [2.75, 3.05) is 0 Å². The van der Waals surface area contributed by atoms with E-state index in [0.717, 1.165) is 18.2 Å². The lowest BCUT2D eigenvalue weighted by Crippen LogP contribution is -2.41. The number of carbonyl (C=O) groups is 1. The molecule has 1 amide bonds. The predicted molar refractivity (Wildman–Crippen MR) is 73.9 cm³/mol. The van der Waals surface area contributed by atoms with Crippen molar-refractivity contribution in [1.29, 1.82) is 0 Å². The maximum Gasteiger partial charge on any atom is 0.313 e. The average molecular weight is 291 g/mol. The lowest BCUT2D eigenvalue weighted by atomic mass is 10.1. The van der Waals surface area contributed by atoms with Crippen molar-refractivity contribution < 1.29 is 14.1 Å². The van der Waals surface area contributed by atoms with Crippen molar-refractivity contribution in [2.24, 2.45) is 4.99 Å². The van der Waals surface area contributed by atoms with E-state index < -0.39 is 22.3 Å². The Morgan fingerprint density at radius 3 is 2.62 bits per heavy atom. The molecule has 0 spiro atoms. The summed E-state index contributed by atoms with van der Waals surface area (Å²) in [6.45, 7) is 3.68. The van der Waals surface area contributed by atoms with Gasteiger partial charge in [-0.1, -0.05) is 0 Å². The normalized spacial score (nSPS) is 14.4. The quantitative estimate of drug-likeness (QED) is 0.675. The Kier molecular flexibility index (Phi) is 3.97. The molecule has 2 rings (SSSR count). The van der Waals surface area contributed by atoms with E-state index in [-0.39, 0.29) is 23.1 Å². The zero-order valence-electron chi connectivity index (χ0n) is 11.3. The van der Waals surface area contributed by atoms with Gasteiger partial charge in [0.2, 0.25) is 0 Å². The van der Waals surface area contributed by atoms with E-state index in [2.05, 4.69) is 15.6 Å². The molecule has 0 unspecified atom stereocenters. The Labute approximate surface area is 119 Å². The summed E-state index contributed by atoms with van der Waals surface area (Å²) in [5.41, 5.74) is -0.206. The summed E-state index contributed by atoms with van der Waals surface area (Å²) in [4.78, 5) is 25.7. The van der Waals surface area contributed by atoms with E-state index in [9.17, 15) is 19.3 Å². The number of nitrogens with zero attached hydrogens (tertiary/aromatic N) is 3. The van der Waals surface area contributed by atoms with Crippen LogP contribution in [0.1, 0.15) is 19.4 Å². The third-order valence-electron chi connectivity index (χ3n) is 2.56. The first-order chi connectivity index (χ1) is 9.86. The maximum absolute atomic E-state index is 13.4. The van der Waals surface area contributed by atoms with Gasteiger partial charge in [-0.25, -0.2) is 14.7 Å². The summed E-state index contributed by atoms with van der Waals surface area (Å²) in [5, 5.41) is 17.3. The minimum absolute atomic E-state index is 0.00751. The molecule has 1 aliphatic heterocycles. The van der Waals surface area contributed by atoms with Gasteiger partial charge in [-0.2, -0.15) is 0 Å². The van der Waals surface area contributed by atoms with Crippen LogP contribution in [0.25, 0.3) is 5.70 Å². The fraction of sp³-hybridized carbons (Fsp3) is 0.231. The fourth-order valence-electron chi connectivity index (χ4n) is 1.71. The predicted octanol–water partition coefficient (Wildman–Crippen LogP) is 1.57. The molecule has 1 heterocycles. The molecule has 0 atom stereocenters. The first-order valence-corrected chi connectivity index (χ1v) is 6.12. The topological polar surface area (TPSA) is 98.7 Å². The van der Waals surface area contributed by atoms with Crippen LogP contribution in [0.15, 0.2) is 29.4 Å². The van der Waals surface area contributed by atoms with Gasteiger partial charge in [-0.3, -0.25) is 14.9 Å². The first-order valence-electron chi connectivity index (χ1n) is 6.12. The van der Waals surface area contributed by atoms with Gasteiger partial charge in [0, 0.05) is 17.7 Å². The van der Waals surface area contributed by atoms with Crippen LogP contribution in [0.2, 0.25) is 0 Å². The minimum Gasteiger partial charge on any atom is -0.363 e. The number of benzene rings is 1. The van der Waals surface area contributed by atoms with Crippen LogP contribution in [0.3, 0.4) is 0 Å². The zero-order chi connectivity index (χ0) is 15.6. The molecule has 109 valence electrons. The second-order valence-corrected chi connectivity index (χ2v) is 4.66. The number of hydrogen-bond acceptors (Lipinski definition) is 5. The molecule has 1 radical (unpaired) electrons. The molecule has 1 aromatic carbocycles. The largest absolute Gasteiger partial charge is 0.363 e. The number of non-ortho nitro benzene ring substituents is 1. The van der Waals surface area contributed by atoms with Gasteiger partial charge >= 0.3 is 5.91 Å². The molecule has 1 N–H and O–H groups in total. The highest BCUT2D eigenvalue weighted by molar-refractivity contribution is 6.40. The van der Waals surface area contributed by atoms with Gasteiger partial charge in [0.1, 0.15) is 5.82 Å². The highest BCUT2D eigenvalue weighted by atomic mass is 19.1. The van der Waals surface area contributed by atoms with Crippen LogP contribution in [0.4, 0.5) is 10.1 Å². The van der Waals surface area contributed by atoms with Gasteiger partial charge in [-0.15, -0.1) is 0 Å². The van der Waals surface area contributed by atoms with Gasteiger partial charge < -0.3 is 5.32 Å². The molecule has 0 saturated carbocycles. The first kappa shape index (κ1) is 14.6. The van der Waals surface area contributed by atoms with Crippen LogP contribution < -0.4 is 10.6 Å². The highest BCUT2D eigenvalue weighted by Crippen LogP contribution is 2.22. The van der Waals surface area contributed by atoms with E-state index in [1.165, 1.54) is 6.20 Å². The van der Waals surface area contributed by atoms with Gasteiger partial charge in [0.25, 0.3) is 5.69 Å². The number of amidine groups is 1. The van der Waals surface area contributed by atoms with E-state index in [0.29, 0.717) is 0 Å². The highest BCUT2D eigenvalue weighted by Gasteiger charge is 2.22. The van der Waals surface area contributed by atoms with Gasteiger partial charge in [0.15, 0.2) is 5.84 Å². The molecule has 0 fully saturated rings. The Bertz CT molecular complexity index is 667. The molecule has 21 heavy (non-hydrogen) atoms. The van der Waals surface area contributed by atoms with E-state index >= 15 is 0 Å². The third kappa shape index (κ3) is 3.41. The van der Waals surface area contributed by atoms with Crippen LogP contribution >= 0.6 is 0 Å². The smallest absolute Gasteiger partial charge is 0.313 e. The SMILES string of the molecule is CC(C)NC1=NC=C(c2cc(F)cc([N+](=O)[O-])c2)[N]C1=O. The van der Waals surface area contributed by atoms with Crippen molar-refractivity contribution in [1.82, 2.24) is 10.6 Å². The number of nitrogens with one attached hydrogen (secondary N) is 1. The lowest BCUT2D eigenvalue weighted by molar-refractivity contribution is -0.385.